The smallest absolute Gasteiger partial charge is 0.314 e. The maximum Gasteiger partial charge on any atom is 0.419 e. The summed E-state index contributed by atoms with van der Waals surface area (Å²) in [6.07, 6.45) is 0.207. The van der Waals surface area contributed by atoms with E-state index in [2.05, 4.69) is 11.9 Å². The van der Waals surface area contributed by atoms with Crippen molar-refractivity contribution in [2.24, 2.45) is 0 Å². The zero-order chi connectivity index (χ0) is 17.6. The Labute approximate surface area is 140 Å². The summed E-state index contributed by atoms with van der Waals surface area (Å²) in [5, 5.41) is 3.20. The molecule has 134 valence electrons. The summed E-state index contributed by atoms with van der Waals surface area (Å²) < 4.78 is 54.1. The van der Waals surface area contributed by atoms with Crippen molar-refractivity contribution in [1.29, 1.82) is 0 Å². The first kappa shape index (κ1) is 18.9. The van der Waals surface area contributed by atoms with Crippen molar-refractivity contribution in [3.05, 3.63) is 47.8 Å². The fraction of sp³-hybridized carbons (Fsp3) is 0.556. The van der Waals surface area contributed by atoms with Crippen LogP contribution >= 0.6 is 0 Å². The predicted octanol–water partition coefficient (Wildman–Crippen LogP) is 4.54. The van der Waals surface area contributed by atoms with Crippen LogP contribution in [0.2, 0.25) is 0 Å². The van der Waals surface area contributed by atoms with Crippen LogP contribution in [-0.4, -0.2) is 31.1 Å². The molecule has 1 aliphatic rings. The van der Waals surface area contributed by atoms with Gasteiger partial charge in [-0.05, 0) is 30.9 Å². The SMILES string of the molecule is C=CCCCC[C@@H](c1cccc(F)c1C(F)(F)F)N1CCNCC1. The van der Waals surface area contributed by atoms with Crippen LogP contribution in [0.4, 0.5) is 17.6 Å². The predicted molar refractivity (Wildman–Crippen MR) is 87.3 cm³/mol. The number of halogens is 4. The first-order valence-electron chi connectivity index (χ1n) is 8.36. The molecule has 0 spiro atoms. The van der Waals surface area contributed by atoms with Gasteiger partial charge >= 0.3 is 6.18 Å². The molecule has 1 atom stereocenters. The van der Waals surface area contributed by atoms with Gasteiger partial charge in [0.1, 0.15) is 5.82 Å². The van der Waals surface area contributed by atoms with E-state index in [9.17, 15) is 17.6 Å². The van der Waals surface area contributed by atoms with E-state index in [1.54, 1.807) is 0 Å². The highest BCUT2D eigenvalue weighted by molar-refractivity contribution is 5.34. The summed E-state index contributed by atoms with van der Waals surface area (Å²) in [7, 11) is 0. The van der Waals surface area contributed by atoms with Crippen molar-refractivity contribution in [1.82, 2.24) is 10.2 Å². The fourth-order valence-electron chi connectivity index (χ4n) is 3.27. The van der Waals surface area contributed by atoms with Crippen LogP contribution in [0.25, 0.3) is 0 Å². The first-order valence-corrected chi connectivity index (χ1v) is 8.36. The maximum atomic E-state index is 14.0. The van der Waals surface area contributed by atoms with Crippen molar-refractivity contribution in [3.8, 4) is 0 Å². The molecule has 2 rings (SSSR count). The third kappa shape index (κ3) is 4.80. The summed E-state index contributed by atoms with van der Waals surface area (Å²) in [6.45, 7) is 6.47. The van der Waals surface area contributed by atoms with E-state index in [1.165, 1.54) is 12.1 Å². The van der Waals surface area contributed by atoms with Gasteiger partial charge in [0.15, 0.2) is 0 Å². The molecule has 1 fully saturated rings. The van der Waals surface area contributed by atoms with E-state index < -0.39 is 23.6 Å². The van der Waals surface area contributed by atoms with Crippen molar-refractivity contribution in [3.63, 3.8) is 0 Å². The largest absolute Gasteiger partial charge is 0.419 e. The van der Waals surface area contributed by atoms with Crippen molar-refractivity contribution < 1.29 is 17.6 Å². The second kappa shape index (κ2) is 8.62. The Balaban J connectivity index is 2.31. The zero-order valence-electron chi connectivity index (χ0n) is 13.7. The molecule has 0 bridgehead atoms. The summed E-state index contributed by atoms with van der Waals surface area (Å²) in [5.41, 5.74) is -1.06. The molecular formula is C18H24F4N2. The molecule has 1 saturated heterocycles. The summed E-state index contributed by atoms with van der Waals surface area (Å²) in [4.78, 5) is 2.04. The number of rotatable bonds is 7. The van der Waals surface area contributed by atoms with Crippen molar-refractivity contribution in [2.45, 2.75) is 37.9 Å². The third-order valence-electron chi connectivity index (χ3n) is 4.42. The van der Waals surface area contributed by atoms with Gasteiger partial charge in [-0.25, -0.2) is 4.39 Å². The molecule has 0 aromatic heterocycles. The van der Waals surface area contributed by atoms with E-state index in [0.29, 0.717) is 19.5 Å². The molecule has 6 heteroatoms. The maximum absolute atomic E-state index is 14.0. The number of hydrogen-bond acceptors (Lipinski definition) is 2. The van der Waals surface area contributed by atoms with Crippen LogP contribution in [0.5, 0.6) is 0 Å². The van der Waals surface area contributed by atoms with Gasteiger partial charge < -0.3 is 5.32 Å². The average Bonchev–Trinajstić information content (AvgIpc) is 2.54. The summed E-state index contributed by atoms with van der Waals surface area (Å²) >= 11 is 0. The number of piperazine rings is 1. The van der Waals surface area contributed by atoms with E-state index in [4.69, 9.17) is 0 Å². The highest BCUT2D eigenvalue weighted by Gasteiger charge is 2.39. The molecule has 2 nitrogen and oxygen atoms in total. The average molecular weight is 344 g/mol. The van der Waals surface area contributed by atoms with Gasteiger partial charge in [-0.3, -0.25) is 4.90 Å². The molecule has 1 aliphatic heterocycles. The Kier molecular flexibility index (Phi) is 6.80. The van der Waals surface area contributed by atoms with Crippen LogP contribution in [0.1, 0.15) is 42.9 Å². The molecular weight excluding hydrogens is 320 g/mol. The second-order valence-electron chi connectivity index (χ2n) is 6.08. The molecule has 0 amide bonds. The van der Waals surface area contributed by atoms with Gasteiger partial charge in [0.25, 0.3) is 0 Å². The Morgan fingerprint density at radius 2 is 1.92 bits per heavy atom. The van der Waals surface area contributed by atoms with Crippen LogP contribution < -0.4 is 5.32 Å². The quantitative estimate of drug-likeness (QED) is 0.444. The minimum absolute atomic E-state index is 0.0583. The van der Waals surface area contributed by atoms with Gasteiger partial charge in [-0.2, -0.15) is 13.2 Å². The lowest BCUT2D eigenvalue weighted by Crippen LogP contribution is -2.45. The van der Waals surface area contributed by atoms with E-state index >= 15 is 0 Å². The lowest BCUT2D eigenvalue weighted by molar-refractivity contribution is -0.141. The number of hydrogen-bond donors (Lipinski definition) is 1. The van der Waals surface area contributed by atoms with Crippen LogP contribution in [-0.2, 0) is 6.18 Å². The van der Waals surface area contributed by atoms with Crippen LogP contribution in [0.3, 0.4) is 0 Å². The Morgan fingerprint density at radius 3 is 2.54 bits per heavy atom. The number of allylic oxidation sites excluding steroid dienone is 1. The standard InChI is InChI=1S/C18H24F4N2/c1-2-3-4-5-9-16(24-12-10-23-11-13-24)14-7-6-8-15(19)17(14)18(20,21)22/h2,6-8,16,23H,1,3-5,9-13H2/t16-/m0/s1. The number of alkyl halides is 3. The monoisotopic (exact) mass is 344 g/mol. The van der Waals surface area contributed by atoms with E-state index in [-0.39, 0.29) is 5.56 Å². The minimum atomic E-state index is -4.69. The molecule has 1 N–H and O–H groups in total. The minimum Gasteiger partial charge on any atom is -0.314 e. The van der Waals surface area contributed by atoms with Crippen LogP contribution in [0, 0.1) is 5.82 Å². The Morgan fingerprint density at radius 1 is 1.21 bits per heavy atom. The van der Waals surface area contributed by atoms with Crippen molar-refractivity contribution >= 4 is 0 Å². The number of benzene rings is 1. The normalized spacial score (nSPS) is 17.7. The molecule has 0 unspecified atom stereocenters. The Bertz CT molecular complexity index is 536. The topological polar surface area (TPSA) is 15.3 Å². The molecule has 1 aromatic rings. The Hall–Kier alpha value is -1.40. The molecule has 24 heavy (non-hydrogen) atoms. The molecule has 1 aromatic carbocycles. The van der Waals surface area contributed by atoms with Crippen molar-refractivity contribution in [2.75, 3.05) is 26.2 Å². The molecule has 0 saturated carbocycles. The van der Waals surface area contributed by atoms with Gasteiger partial charge in [0.2, 0.25) is 0 Å². The van der Waals surface area contributed by atoms with E-state index in [0.717, 1.165) is 38.4 Å². The first-order chi connectivity index (χ1) is 11.4. The van der Waals surface area contributed by atoms with Gasteiger partial charge in [-0.1, -0.05) is 24.6 Å². The highest BCUT2D eigenvalue weighted by atomic mass is 19.4. The number of nitrogens with one attached hydrogen (secondary N) is 1. The van der Waals surface area contributed by atoms with Gasteiger partial charge in [0.05, 0.1) is 5.56 Å². The lowest BCUT2D eigenvalue weighted by atomic mass is 9.93. The third-order valence-corrected chi connectivity index (χ3v) is 4.42. The zero-order valence-corrected chi connectivity index (χ0v) is 13.7. The summed E-state index contributed by atoms with van der Waals surface area (Å²) in [6, 6.07) is 3.27. The fourth-order valence-corrected chi connectivity index (χ4v) is 3.27. The molecule has 0 aliphatic carbocycles. The second-order valence-corrected chi connectivity index (χ2v) is 6.08. The van der Waals surface area contributed by atoms with Crippen LogP contribution in [0.15, 0.2) is 30.9 Å². The highest BCUT2D eigenvalue weighted by Crippen LogP contribution is 2.39. The van der Waals surface area contributed by atoms with Gasteiger partial charge in [0, 0.05) is 32.2 Å². The number of unbranched alkanes of at least 4 members (excludes halogenated alkanes) is 2. The van der Waals surface area contributed by atoms with Gasteiger partial charge in [-0.15, -0.1) is 6.58 Å². The van der Waals surface area contributed by atoms with E-state index in [1.807, 2.05) is 11.0 Å². The molecule has 1 heterocycles. The number of nitrogens with zero attached hydrogens (tertiary/aromatic N) is 1. The lowest BCUT2D eigenvalue weighted by Gasteiger charge is -2.36. The summed E-state index contributed by atoms with van der Waals surface area (Å²) in [5.74, 6) is -1.19. The molecule has 0 radical (unpaired) electrons.